The van der Waals surface area contributed by atoms with Crippen LogP contribution < -0.4 is 4.74 Å². The molecule has 144 valence electrons. The number of furan rings is 1. The van der Waals surface area contributed by atoms with Crippen LogP contribution in [0.15, 0.2) is 75.8 Å². The molecule has 1 aliphatic heterocycles. The van der Waals surface area contributed by atoms with E-state index >= 15 is 0 Å². The van der Waals surface area contributed by atoms with Gasteiger partial charge in [0, 0.05) is 11.6 Å². The molecule has 0 radical (unpaired) electrons. The second-order valence-corrected chi connectivity index (χ2v) is 6.09. The van der Waals surface area contributed by atoms with E-state index < -0.39 is 10.9 Å². The Kier molecular flexibility index (Phi) is 4.66. The third-order valence-corrected chi connectivity index (χ3v) is 4.32. The topological polar surface area (TPSA) is 104 Å². The van der Waals surface area contributed by atoms with Crippen LogP contribution in [0.1, 0.15) is 11.3 Å². The van der Waals surface area contributed by atoms with Gasteiger partial charge in [-0.05, 0) is 24.3 Å². The fourth-order valence-electron chi connectivity index (χ4n) is 2.93. The van der Waals surface area contributed by atoms with E-state index in [1.807, 2.05) is 30.3 Å². The van der Waals surface area contributed by atoms with E-state index in [9.17, 15) is 14.9 Å². The van der Waals surface area contributed by atoms with Crippen LogP contribution in [-0.2, 0) is 9.63 Å². The Balaban J connectivity index is 1.69. The van der Waals surface area contributed by atoms with Crippen LogP contribution in [0.25, 0.3) is 17.4 Å². The first kappa shape index (κ1) is 18.2. The Morgan fingerprint density at radius 2 is 1.90 bits per heavy atom. The number of oxime groups is 1. The van der Waals surface area contributed by atoms with Gasteiger partial charge in [-0.2, -0.15) is 0 Å². The zero-order valence-corrected chi connectivity index (χ0v) is 15.2. The predicted molar refractivity (Wildman–Crippen MR) is 104 cm³/mol. The molecule has 3 aromatic rings. The first-order valence-electron chi connectivity index (χ1n) is 8.56. The molecule has 0 spiro atoms. The molecule has 0 saturated carbocycles. The summed E-state index contributed by atoms with van der Waals surface area (Å²) in [5.74, 6) is 0.570. The molecule has 1 aliphatic rings. The number of nitrogens with zero attached hydrogens (tertiary/aromatic N) is 2. The molecule has 0 fully saturated rings. The second kappa shape index (κ2) is 7.43. The number of ether oxygens (including phenoxy) is 1. The summed E-state index contributed by atoms with van der Waals surface area (Å²) in [7, 11) is 1.42. The molecule has 0 N–H and O–H groups in total. The van der Waals surface area contributed by atoms with E-state index in [1.54, 1.807) is 24.3 Å². The van der Waals surface area contributed by atoms with E-state index in [0.29, 0.717) is 28.5 Å². The van der Waals surface area contributed by atoms with Gasteiger partial charge in [0.25, 0.3) is 5.69 Å². The number of nitro groups is 1. The molecule has 8 nitrogen and oxygen atoms in total. The average Bonchev–Trinajstić information content (AvgIpc) is 3.35. The summed E-state index contributed by atoms with van der Waals surface area (Å²) < 4.78 is 11.1. The molecule has 4 rings (SSSR count). The van der Waals surface area contributed by atoms with Crippen molar-refractivity contribution in [2.24, 2.45) is 5.16 Å². The third-order valence-electron chi connectivity index (χ3n) is 4.32. The molecule has 2 aromatic carbocycles. The zero-order chi connectivity index (χ0) is 20.4. The second-order valence-electron chi connectivity index (χ2n) is 6.09. The fourth-order valence-corrected chi connectivity index (χ4v) is 2.93. The number of methoxy groups -OCH3 is 1. The summed E-state index contributed by atoms with van der Waals surface area (Å²) in [6.45, 7) is 0. The lowest BCUT2D eigenvalue weighted by molar-refractivity contribution is -0.384. The Morgan fingerprint density at radius 3 is 2.62 bits per heavy atom. The van der Waals surface area contributed by atoms with E-state index in [2.05, 4.69) is 5.16 Å². The van der Waals surface area contributed by atoms with Crippen LogP contribution in [0.3, 0.4) is 0 Å². The van der Waals surface area contributed by atoms with Gasteiger partial charge in [0.1, 0.15) is 23.0 Å². The molecular formula is C21H14N2O6. The van der Waals surface area contributed by atoms with Gasteiger partial charge in [-0.15, -0.1) is 0 Å². The normalized spacial score (nSPS) is 14.6. The number of hydrogen-bond acceptors (Lipinski definition) is 7. The van der Waals surface area contributed by atoms with Gasteiger partial charge in [-0.25, -0.2) is 4.79 Å². The number of non-ortho nitro benzene ring substituents is 1. The van der Waals surface area contributed by atoms with Gasteiger partial charge in [0.15, 0.2) is 0 Å². The molecule has 8 heteroatoms. The molecule has 1 aromatic heterocycles. The minimum atomic E-state index is -0.574. The van der Waals surface area contributed by atoms with Crippen molar-refractivity contribution in [1.29, 1.82) is 0 Å². The predicted octanol–water partition coefficient (Wildman–Crippen LogP) is 4.21. The van der Waals surface area contributed by atoms with Gasteiger partial charge < -0.3 is 14.0 Å². The van der Waals surface area contributed by atoms with Crippen molar-refractivity contribution in [1.82, 2.24) is 0 Å². The molecule has 0 unspecified atom stereocenters. The summed E-state index contributed by atoms with van der Waals surface area (Å²) in [4.78, 5) is 27.4. The van der Waals surface area contributed by atoms with Crippen molar-refractivity contribution in [2.45, 2.75) is 0 Å². The largest absolute Gasteiger partial charge is 0.496 e. The van der Waals surface area contributed by atoms with E-state index in [0.717, 1.165) is 5.56 Å². The Labute approximate surface area is 164 Å². The van der Waals surface area contributed by atoms with Crippen LogP contribution in [0.5, 0.6) is 5.75 Å². The van der Waals surface area contributed by atoms with Crippen LogP contribution in [0.2, 0.25) is 0 Å². The first-order valence-corrected chi connectivity index (χ1v) is 8.56. The van der Waals surface area contributed by atoms with Crippen LogP contribution in [0, 0.1) is 10.1 Å². The number of benzene rings is 2. The smallest absolute Gasteiger partial charge is 0.368 e. The maximum atomic E-state index is 12.1. The molecule has 0 amide bonds. The van der Waals surface area contributed by atoms with E-state index in [1.165, 1.54) is 19.2 Å². The molecule has 0 bridgehead atoms. The van der Waals surface area contributed by atoms with Gasteiger partial charge in [0.2, 0.25) is 0 Å². The lowest BCUT2D eigenvalue weighted by atomic mass is 10.0. The van der Waals surface area contributed by atoms with Gasteiger partial charge in [-0.1, -0.05) is 35.5 Å². The summed E-state index contributed by atoms with van der Waals surface area (Å²) >= 11 is 0. The van der Waals surface area contributed by atoms with Gasteiger partial charge in [-0.3, -0.25) is 10.1 Å². The maximum absolute atomic E-state index is 12.1. The Bertz CT molecular complexity index is 1160. The Morgan fingerprint density at radius 1 is 1.10 bits per heavy atom. The highest BCUT2D eigenvalue weighted by molar-refractivity contribution is 6.31. The number of nitro benzene ring substituents is 1. The van der Waals surface area contributed by atoms with Crippen molar-refractivity contribution < 1.29 is 23.7 Å². The Hall–Kier alpha value is -4.20. The molecule has 29 heavy (non-hydrogen) atoms. The first-order chi connectivity index (χ1) is 14.1. The van der Waals surface area contributed by atoms with Crippen molar-refractivity contribution in [2.75, 3.05) is 7.11 Å². The summed E-state index contributed by atoms with van der Waals surface area (Å²) in [5.41, 5.74) is 1.90. The third kappa shape index (κ3) is 3.51. The lowest BCUT2D eigenvalue weighted by Gasteiger charge is -2.05. The summed E-state index contributed by atoms with van der Waals surface area (Å²) in [6.07, 6.45) is 1.54. The number of carbonyl (C=O) groups excluding carboxylic acids is 1. The minimum absolute atomic E-state index is 0.0862. The van der Waals surface area contributed by atoms with Crippen LogP contribution in [-0.4, -0.2) is 23.7 Å². The van der Waals surface area contributed by atoms with Crippen LogP contribution in [0.4, 0.5) is 5.69 Å². The highest BCUT2D eigenvalue weighted by atomic mass is 16.7. The molecular weight excluding hydrogens is 376 g/mol. The quantitative estimate of drug-likeness (QED) is 0.280. The molecule has 0 atom stereocenters. The maximum Gasteiger partial charge on any atom is 0.368 e. The molecule has 2 heterocycles. The highest BCUT2D eigenvalue weighted by Gasteiger charge is 2.27. The number of rotatable bonds is 5. The number of carbonyl (C=O) groups is 1. The van der Waals surface area contributed by atoms with Crippen molar-refractivity contribution >= 4 is 23.4 Å². The van der Waals surface area contributed by atoms with Crippen molar-refractivity contribution in [3.63, 3.8) is 0 Å². The zero-order valence-electron chi connectivity index (χ0n) is 15.2. The number of hydrogen-bond donors (Lipinski definition) is 0. The average molecular weight is 390 g/mol. The standard InChI is InChI=1S/C21H14N2O6/c1-27-19-11-14(23(25)26)7-9-16(19)18-10-8-15(28-18)12-17-20(22-29-21(17)24)13-5-3-2-4-6-13/h2-12H,1H3/b17-12-. The van der Waals surface area contributed by atoms with Crippen LogP contribution >= 0.6 is 0 Å². The fraction of sp³-hybridized carbons (Fsp3) is 0.0476. The highest BCUT2D eigenvalue weighted by Crippen LogP contribution is 2.35. The van der Waals surface area contributed by atoms with Crippen molar-refractivity contribution in [3.05, 3.63) is 87.7 Å². The molecule has 0 saturated heterocycles. The van der Waals surface area contributed by atoms with E-state index in [-0.39, 0.29) is 11.3 Å². The molecule has 0 aliphatic carbocycles. The summed E-state index contributed by atoms with van der Waals surface area (Å²) in [5, 5.41) is 14.8. The van der Waals surface area contributed by atoms with Crippen molar-refractivity contribution in [3.8, 4) is 17.1 Å². The monoisotopic (exact) mass is 390 g/mol. The summed E-state index contributed by atoms with van der Waals surface area (Å²) in [6, 6.07) is 16.8. The van der Waals surface area contributed by atoms with Gasteiger partial charge >= 0.3 is 5.97 Å². The lowest BCUT2D eigenvalue weighted by Crippen LogP contribution is -2.06. The SMILES string of the molecule is COc1cc([N+](=O)[O-])ccc1-c1ccc(/C=C2\C(=O)ON=C2c2ccccc2)o1. The van der Waals surface area contributed by atoms with E-state index in [4.69, 9.17) is 14.0 Å². The van der Waals surface area contributed by atoms with Gasteiger partial charge in [0.05, 0.1) is 29.2 Å². The minimum Gasteiger partial charge on any atom is -0.496 e.